The zero-order valence-electron chi connectivity index (χ0n) is 18.4. The first kappa shape index (κ1) is 23.9. The van der Waals surface area contributed by atoms with Crippen LogP contribution in [-0.2, 0) is 9.84 Å². The maximum absolute atomic E-state index is 14.9. The van der Waals surface area contributed by atoms with Gasteiger partial charge in [-0.15, -0.1) is 0 Å². The first-order valence-electron chi connectivity index (χ1n) is 10.6. The largest absolute Gasteiger partial charge is 0.364 e. The minimum Gasteiger partial charge on any atom is -0.364 e. The van der Waals surface area contributed by atoms with Crippen molar-refractivity contribution in [2.75, 3.05) is 17.7 Å². The average Bonchev–Trinajstić information content (AvgIpc) is 2.72. The van der Waals surface area contributed by atoms with Crippen LogP contribution in [0.4, 0.5) is 14.5 Å². The van der Waals surface area contributed by atoms with Gasteiger partial charge < -0.3 is 10.2 Å². The van der Waals surface area contributed by atoms with Crippen molar-refractivity contribution in [3.63, 3.8) is 0 Å². The van der Waals surface area contributed by atoms with Crippen LogP contribution in [0.15, 0.2) is 47.9 Å². The minimum absolute atomic E-state index is 0.00424. The van der Waals surface area contributed by atoms with E-state index in [2.05, 4.69) is 10.2 Å². The van der Waals surface area contributed by atoms with Crippen LogP contribution >= 0.6 is 0 Å². The van der Waals surface area contributed by atoms with Crippen LogP contribution in [0.1, 0.15) is 53.7 Å². The lowest BCUT2D eigenvalue weighted by atomic mass is 9.91. The van der Waals surface area contributed by atoms with Crippen LogP contribution in [-0.4, -0.2) is 33.2 Å². The summed E-state index contributed by atoms with van der Waals surface area (Å²) in [6, 6.07) is 8.68. The van der Waals surface area contributed by atoms with Crippen molar-refractivity contribution in [2.24, 2.45) is 0 Å². The number of anilines is 1. The summed E-state index contributed by atoms with van der Waals surface area (Å²) < 4.78 is 50.9. The van der Waals surface area contributed by atoms with E-state index in [0.29, 0.717) is 5.69 Å². The molecule has 8 heteroatoms. The number of carbonyl (C=O) groups excluding carboxylic acids is 1. The molecule has 0 aliphatic carbocycles. The fraction of sp³-hybridized carbons (Fsp3) is 0.375. The van der Waals surface area contributed by atoms with Gasteiger partial charge in [-0.1, -0.05) is 12.1 Å². The van der Waals surface area contributed by atoms with E-state index >= 15 is 0 Å². The number of amides is 1. The van der Waals surface area contributed by atoms with E-state index in [1.165, 1.54) is 30.3 Å². The molecule has 0 radical (unpaired) electrons. The van der Waals surface area contributed by atoms with E-state index in [-0.39, 0.29) is 17.4 Å². The highest BCUT2D eigenvalue weighted by Crippen LogP contribution is 2.37. The van der Waals surface area contributed by atoms with Gasteiger partial charge in [0.05, 0.1) is 11.6 Å². The van der Waals surface area contributed by atoms with Crippen LogP contribution in [0.25, 0.3) is 0 Å². The molecule has 0 spiro atoms. The summed E-state index contributed by atoms with van der Waals surface area (Å²) in [6.45, 7) is 4.22. The quantitative estimate of drug-likeness (QED) is 0.677. The lowest BCUT2D eigenvalue weighted by molar-refractivity contribution is 0.0943. The number of piperidine rings is 1. The molecule has 0 bridgehead atoms. The van der Waals surface area contributed by atoms with Crippen molar-refractivity contribution in [3.8, 4) is 0 Å². The van der Waals surface area contributed by atoms with E-state index < -0.39 is 27.6 Å². The van der Waals surface area contributed by atoms with Gasteiger partial charge in [0.2, 0.25) is 0 Å². The van der Waals surface area contributed by atoms with Gasteiger partial charge in [0.15, 0.2) is 9.84 Å². The molecule has 1 aliphatic heterocycles. The number of hydrogen-bond donors (Lipinski definition) is 1. The average molecular weight is 463 g/mol. The predicted octanol–water partition coefficient (Wildman–Crippen LogP) is 4.68. The zero-order chi connectivity index (χ0) is 23.5. The molecule has 32 heavy (non-hydrogen) atoms. The van der Waals surface area contributed by atoms with Crippen molar-refractivity contribution in [1.29, 1.82) is 0 Å². The predicted molar refractivity (Wildman–Crippen MR) is 122 cm³/mol. The number of aryl methyl sites for hydroxylation is 1. The number of hydrogen-bond acceptors (Lipinski definition) is 4. The molecule has 1 amide bonds. The Kier molecular flexibility index (Phi) is 7.33. The zero-order valence-corrected chi connectivity index (χ0v) is 19.3. The van der Waals surface area contributed by atoms with Crippen LogP contribution < -0.4 is 10.2 Å². The molecule has 1 N–H and O–H groups in total. The third-order valence-corrected chi connectivity index (χ3v) is 6.25. The van der Waals surface area contributed by atoms with E-state index in [4.69, 9.17) is 0 Å². The number of rotatable bonds is 6. The highest BCUT2D eigenvalue weighted by atomic mass is 32.2. The summed E-state index contributed by atoms with van der Waals surface area (Å²) >= 11 is 0. The molecule has 2 aromatic rings. The highest BCUT2D eigenvalue weighted by molar-refractivity contribution is 7.93. The van der Waals surface area contributed by atoms with Crippen molar-refractivity contribution < 1.29 is 22.0 Å². The van der Waals surface area contributed by atoms with Crippen LogP contribution in [0.2, 0.25) is 0 Å². The maximum atomic E-state index is 14.9. The molecule has 2 atom stereocenters. The highest BCUT2D eigenvalue weighted by Gasteiger charge is 2.26. The number of halogens is 2. The molecule has 1 unspecified atom stereocenters. The van der Waals surface area contributed by atoms with Crippen LogP contribution in [0.5, 0.6) is 0 Å². The summed E-state index contributed by atoms with van der Waals surface area (Å²) in [4.78, 5) is 14.6. The summed E-state index contributed by atoms with van der Waals surface area (Å²) in [5.74, 6) is -1.56. The number of carbonyl (C=O) groups is 1. The molecule has 1 aliphatic rings. The second kappa shape index (κ2) is 9.81. The van der Waals surface area contributed by atoms with Gasteiger partial charge in [-0.2, -0.15) is 0 Å². The minimum atomic E-state index is -3.31. The molecular formula is C24H28F2N2O3S. The first-order chi connectivity index (χ1) is 15.0. The second-order valence-electron chi connectivity index (χ2n) is 8.29. The summed E-state index contributed by atoms with van der Waals surface area (Å²) in [5, 5.41) is 3.58. The fourth-order valence-electron chi connectivity index (χ4n) is 4.04. The molecule has 1 saturated heterocycles. The maximum Gasteiger partial charge on any atom is 0.254 e. The fourth-order valence-corrected chi connectivity index (χ4v) is 4.56. The van der Waals surface area contributed by atoms with Gasteiger partial charge in [0.1, 0.15) is 11.6 Å². The van der Waals surface area contributed by atoms with E-state index in [1.807, 2.05) is 6.92 Å². The van der Waals surface area contributed by atoms with Gasteiger partial charge in [0.25, 0.3) is 5.91 Å². The second-order valence-corrected chi connectivity index (χ2v) is 10.2. The Morgan fingerprint density at radius 3 is 2.59 bits per heavy atom. The molecular weight excluding hydrogens is 434 g/mol. The Hall–Kier alpha value is -2.74. The molecule has 0 saturated carbocycles. The number of sulfone groups is 1. The van der Waals surface area contributed by atoms with Crippen LogP contribution in [0, 0.1) is 18.6 Å². The summed E-state index contributed by atoms with van der Waals surface area (Å²) in [7, 11) is -3.31. The lowest BCUT2D eigenvalue weighted by Crippen LogP contribution is -2.34. The standard InChI is InChI=1S/C24H28F2N2O3S/c1-16-14-18(25)7-9-20(16)23-6-4-5-12-28(23)19-8-10-21(22(26)15-19)24(29)27-17(2)11-13-32(3,30)31/h7-11,13-15,17,23H,4-6,12H2,1-3H3,(H,27,29)/b13-11+/t17-,23?/m1/s1. The van der Waals surface area contributed by atoms with Gasteiger partial charge in [0, 0.05) is 29.9 Å². The SMILES string of the molecule is Cc1cc(F)ccc1C1CCCCN1c1ccc(C(=O)N[C@H](C)/C=C/S(C)(=O)=O)c(F)c1. The molecule has 2 aromatic carbocycles. The number of benzene rings is 2. The summed E-state index contributed by atoms with van der Waals surface area (Å²) in [5.41, 5.74) is 2.42. The molecule has 1 fully saturated rings. The Morgan fingerprint density at radius 2 is 1.94 bits per heavy atom. The van der Waals surface area contributed by atoms with Crippen molar-refractivity contribution >= 4 is 21.4 Å². The smallest absolute Gasteiger partial charge is 0.254 e. The van der Waals surface area contributed by atoms with Crippen molar-refractivity contribution in [1.82, 2.24) is 5.32 Å². The third-order valence-electron chi connectivity index (χ3n) is 5.60. The first-order valence-corrected chi connectivity index (χ1v) is 12.5. The van der Waals surface area contributed by atoms with Gasteiger partial charge in [-0.05, 0) is 74.6 Å². The Bertz CT molecular complexity index is 1130. The van der Waals surface area contributed by atoms with E-state index in [1.54, 1.807) is 19.1 Å². The van der Waals surface area contributed by atoms with E-state index in [0.717, 1.165) is 48.6 Å². The topological polar surface area (TPSA) is 66.5 Å². The Labute approximate surface area is 188 Å². The molecule has 0 aromatic heterocycles. The lowest BCUT2D eigenvalue weighted by Gasteiger charge is -2.38. The van der Waals surface area contributed by atoms with E-state index in [9.17, 15) is 22.0 Å². The van der Waals surface area contributed by atoms with Gasteiger partial charge >= 0.3 is 0 Å². The van der Waals surface area contributed by atoms with Crippen molar-refractivity contribution in [3.05, 3.63) is 76.2 Å². The molecule has 1 heterocycles. The normalized spacial score (nSPS) is 18.0. The van der Waals surface area contributed by atoms with Crippen molar-refractivity contribution in [2.45, 2.75) is 45.2 Å². The molecule has 3 rings (SSSR count). The Balaban J connectivity index is 1.81. The third kappa shape index (κ3) is 5.94. The molecule has 172 valence electrons. The van der Waals surface area contributed by atoms with Gasteiger partial charge in [-0.3, -0.25) is 4.79 Å². The number of nitrogens with zero attached hydrogens (tertiary/aromatic N) is 1. The van der Waals surface area contributed by atoms with Gasteiger partial charge in [-0.25, -0.2) is 17.2 Å². The van der Waals surface area contributed by atoms with Crippen LogP contribution in [0.3, 0.4) is 0 Å². The molecule has 5 nitrogen and oxygen atoms in total. The Morgan fingerprint density at radius 1 is 1.19 bits per heavy atom. The monoisotopic (exact) mass is 462 g/mol. The number of nitrogens with one attached hydrogen (secondary N) is 1. The summed E-state index contributed by atoms with van der Waals surface area (Å²) in [6.07, 6.45) is 5.26.